The Kier molecular flexibility index (Phi) is 5.26. The highest BCUT2D eigenvalue weighted by molar-refractivity contribution is 5.82. The molecule has 3 nitrogen and oxygen atoms in total. The number of carbonyl (C=O) groups is 1. The first-order valence-corrected chi connectivity index (χ1v) is 8.23. The van der Waals surface area contributed by atoms with Crippen LogP contribution in [0.4, 0.5) is 0 Å². The largest absolute Gasteiger partial charge is 0.341 e. The van der Waals surface area contributed by atoms with Crippen molar-refractivity contribution < 1.29 is 4.79 Å². The minimum Gasteiger partial charge on any atom is -0.341 e. The van der Waals surface area contributed by atoms with Crippen LogP contribution in [0.15, 0.2) is 0 Å². The summed E-state index contributed by atoms with van der Waals surface area (Å²) in [5, 5.41) is 3.42. The summed E-state index contributed by atoms with van der Waals surface area (Å²) in [7, 11) is 0. The lowest BCUT2D eigenvalue weighted by molar-refractivity contribution is -0.137. The maximum absolute atomic E-state index is 12.5. The van der Waals surface area contributed by atoms with E-state index in [1.54, 1.807) is 0 Å². The molecule has 2 rings (SSSR count). The van der Waals surface area contributed by atoms with Gasteiger partial charge in [0, 0.05) is 13.1 Å². The van der Waals surface area contributed by atoms with Crippen LogP contribution in [0.1, 0.15) is 65.2 Å². The molecular formula is C16H30N2O. The van der Waals surface area contributed by atoms with E-state index < -0.39 is 0 Å². The smallest absolute Gasteiger partial charge is 0.239 e. The van der Waals surface area contributed by atoms with E-state index in [-0.39, 0.29) is 6.04 Å². The maximum Gasteiger partial charge on any atom is 0.239 e. The first kappa shape index (κ1) is 14.8. The monoisotopic (exact) mass is 266 g/mol. The summed E-state index contributed by atoms with van der Waals surface area (Å²) in [6, 6.07) is 0.0870. The Balaban J connectivity index is 1.93. The van der Waals surface area contributed by atoms with Crippen molar-refractivity contribution in [2.24, 2.45) is 5.41 Å². The minimum atomic E-state index is 0.0870. The van der Waals surface area contributed by atoms with E-state index in [9.17, 15) is 4.79 Å². The molecule has 1 saturated carbocycles. The average molecular weight is 266 g/mol. The fraction of sp³-hybridized carbons (Fsp3) is 0.938. The van der Waals surface area contributed by atoms with Gasteiger partial charge in [0.15, 0.2) is 0 Å². The highest BCUT2D eigenvalue weighted by Crippen LogP contribution is 2.42. The summed E-state index contributed by atoms with van der Waals surface area (Å²) < 4.78 is 0. The fourth-order valence-corrected chi connectivity index (χ4v) is 3.76. The van der Waals surface area contributed by atoms with E-state index in [0.717, 1.165) is 38.9 Å². The standard InChI is InChI=1S/C16H30N2O/c1-3-11-17-14-8-7-12-18(15(14)19)13-16(4-2)9-5-6-10-16/h14,17H,3-13H2,1-2H3. The van der Waals surface area contributed by atoms with Gasteiger partial charge in [0.25, 0.3) is 0 Å². The van der Waals surface area contributed by atoms with Crippen molar-refractivity contribution in [2.45, 2.75) is 71.3 Å². The van der Waals surface area contributed by atoms with Crippen molar-refractivity contribution >= 4 is 5.91 Å². The quantitative estimate of drug-likeness (QED) is 0.801. The van der Waals surface area contributed by atoms with Gasteiger partial charge >= 0.3 is 0 Å². The Morgan fingerprint density at radius 2 is 2.00 bits per heavy atom. The van der Waals surface area contributed by atoms with E-state index in [1.165, 1.54) is 32.1 Å². The second kappa shape index (κ2) is 6.74. The van der Waals surface area contributed by atoms with E-state index in [0.29, 0.717) is 11.3 Å². The number of carbonyl (C=O) groups excluding carboxylic acids is 1. The van der Waals surface area contributed by atoms with Crippen molar-refractivity contribution in [3.63, 3.8) is 0 Å². The Bertz CT molecular complexity index is 297. The predicted octanol–water partition coefficient (Wildman–Crippen LogP) is 2.95. The van der Waals surface area contributed by atoms with Gasteiger partial charge in [0.1, 0.15) is 0 Å². The molecule has 1 unspecified atom stereocenters. The zero-order chi connectivity index (χ0) is 13.7. The molecule has 1 N–H and O–H groups in total. The first-order chi connectivity index (χ1) is 9.21. The molecule has 0 spiro atoms. The molecule has 1 amide bonds. The molecule has 1 aliphatic carbocycles. The molecule has 19 heavy (non-hydrogen) atoms. The number of nitrogens with one attached hydrogen (secondary N) is 1. The summed E-state index contributed by atoms with van der Waals surface area (Å²) in [5.41, 5.74) is 0.433. The van der Waals surface area contributed by atoms with Gasteiger partial charge in [0.2, 0.25) is 5.91 Å². The zero-order valence-corrected chi connectivity index (χ0v) is 12.7. The van der Waals surface area contributed by atoms with Crippen LogP contribution in [0.5, 0.6) is 0 Å². The average Bonchev–Trinajstić information content (AvgIpc) is 2.89. The molecule has 1 aliphatic heterocycles. The third-order valence-electron chi connectivity index (χ3n) is 5.11. The number of hydrogen-bond donors (Lipinski definition) is 1. The van der Waals surface area contributed by atoms with Crippen LogP contribution < -0.4 is 5.32 Å². The molecule has 0 aromatic heterocycles. The van der Waals surface area contributed by atoms with E-state index in [1.807, 2.05) is 0 Å². The van der Waals surface area contributed by atoms with Gasteiger partial charge in [-0.2, -0.15) is 0 Å². The molecule has 1 saturated heterocycles. The summed E-state index contributed by atoms with van der Waals surface area (Å²) in [5.74, 6) is 0.361. The molecule has 0 aromatic carbocycles. The van der Waals surface area contributed by atoms with Crippen LogP contribution in [0.25, 0.3) is 0 Å². The number of likely N-dealkylation sites (tertiary alicyclic amines) is 1. The zero-order valence-electron chi connectivity index (χ0n) is 12.7. The normalized spacial score (nSPS) is 26.9. The number of amides is 1. The molecule has 0 aromatic rings. The third-order valence-corrected chi connectivity index (χ3v) is 5.11. The van der Waals surface area contributed by atoms with Gasteiger partial charge < -0.3 is 10.2 Å². The summed E-state index contributed by atoms with van der Waals surface area (Å²) in [6.07, 6.45) is 9.86. The number of nitrogens with zero attached hydrogens (tertiary/aromatic N) is 1. The van der Waals surface area contributed by atoms with Gasteiger partial charge in [-0.25, -0.2) is 0 Å². The van der Waals surface area contributed by atoms with Crippen molar-refractivity contribution in [3.8, 4) is 0 Å². The van der Waals surface area contributed by atoms with Crippen LogP contribution in [0, 0.1) is 5.41 Å². The number of rotatable bonds is 6. The predicted molar refractivity (Wildman–Crippen MR) is 79.1 cm³/mol. The van der Waals surface area contributed by atoms with Crippen molar-refractivity contribution in [1.29, 1.82) is 0 Å². The molecule has 2 fully saturated rings. The van der Waals surface area contributed by atoms with Gasteiger partial charge in [-0.3, -0.25) is 4.79 Å². The second-order valence-corrected chi connectivity index (χ2v) is 6.47. The van der Waals surface area contributed by atoms with Crippen LogP contribution in [0.3, 0.4) is 0 Å². The minimum absolute atomic E-state index is 0.0870. The lowest BCUT2D eigenvalue weighted by atomic mass is 9.82. The van der Waals surface area contributed by atoms with Crippen molar-refractivity contribution in [3.05, 3.63) is 0 Å². The second-order valence-electron chi connectivity index (χ2n) is 6.47. The molecule has 0 radical (unpaired) electrons. The molecule has 3 heteroatoms. The molecule has 1 atom stereocenters. The number of hydrogen-bond acceptors (Lipinski definition) is 2. The fourth-order valence-electron chi connectivity index (χ4n) is 3.76. The lowest BCUT2D eigenvalue weighted by Gasteiger charge is -2.39. The Labute approximate surface area is 118 Å². The Morgan fingerprint density at radius 1 is 1.26 bits per heavy atom. The van der Waals surface area contributed by atoms with E-state index in [2.05, 4.69) is 24.1 Å². The van der Waals surface area contributed by atoms with Gasteiger partial charge in [0.05, 0.1) is 6.04 Å². The van der Waals surface area contributed by atoms with Crippen molar-refractivity contribution in [2.75, 3.05) is 19.6 Å². The van der Waals surface area contributed by atoms with Gasteiger partial charge in [-0.1, -0.05) is 26.7 Å². The highest BCUT2D eigenvalue weighted by Gasteiger charge is 2.37. The van der Waals surface area contributed by atoms with Crippen LogP contribution in [-0.2, 0) is 4.79 Å². The molecule has 0 bridgehead atoms. The van der Waals surface area contributed by atoms with Crippen LogP contribution in [0.2, 0.25) is 0 Å². The SMILES string of the molecule is CCCNC1CCCN(CC2(CC)CCCC2)C1=O. The Hall–Kier alpha value is -0.570. The lowest BCUT2D eigenvalue weighted by Crippen LogP contribution is -2.53. The molecule has 1 heterocycles. The Morgan fingerprint density at radius 3 is 2.63 bits per heavy atom. The topological polar surface area (TPSA) is 32.3 Å². The molecule has 110 valence electrons. The third kappa shape index (κ3) is 3.50. The van der Waals surface area contributed by atoms with Crippen LogP contribution >= 0.6 is 0 Å². The van der Waals surface area contributed by atoms with Gasteiger partial charge in [-0.05, 0) is 50.5 Å². The summed E-state index contributed by atoms with van der Waals surface area (Å²) in [6.45, 7) is 7.40. The molecular weight excluding hydrogens is 236 g/mol. The van der Waals surface area contributed by atoms with E-state index >= 15 is 0 Å². The number of piperidine rings is 1. The first-order valence-electron chi connectivity index (χ1n) is 8.23. The summed E-state index contributed by atoms with van der Waals surface area (Å²) in [4.78, 5) is 14.7. The summed E-state index contributed by atoms with van der Waals surface area (Å²) >= 11 is 0. The van der Waals surface area contributed by atoms with Gasteiger partial charge in [-0.15, -0.1) is 0 Å². The van der Waals surface area contributed by atoms with Crippen LogP contribution in [-0.4, -0.2) is 36.5 Å². The van der Waals surface area contributed by atoms with E-state index in [4.69, 9.17) is 0 Å². The molecule has 2 aliphatic rings. The van der Waals surface area contributed by atoms with Crippen molar-refractivity contribution in [1.82, 2.24) is 10.2 Å². The highest BCUT2D eigenvalue weighted by atomic mass is 16.2. The maximum atomic E-state index is 12.5.